The summed E-state index contributed by atoms with van der Waals surface area (Å²) in [5, 5.41) is 3.22. The number of hydrogen-bond donors (Lipinski definition) is 1. The largest absolute Gasteiger partial charge is 0.497 e. The fourth-order valence-corrected chi connectivity index (χ4v) is 3.82. The van der Waals surface area contributed by atoms with Gasteiger partial charge in [-0.05, 0) is 37.1 Å². The maximum atomic E-state index is 12.6. The molecule has 2 aromatic heterocycles. The first-order valence-corrected chi connectivity index (χ1v) is 10.6. The van der Waals surface area contributed by atoms with Crippen molar-refractivity contribution < 1.29 is 9.53 Å². The van der Waals surface area contributed by atoms with Gasteiger partial charge in [0.25, 0.3) is 5.56 Å². The molecule has 1 N–H and O–H groups in total. The highest BCUT2D eigenvalue weighted by Crippen LogP contribution is 2.23. The van der Waals surface area contributed by atoms with Gasteiger partial charge in [-0.25, -0.2) is 14.5 Å². The van der Waals surface area contributed by atoms with Crippen LogP contribution < -0.4 is 10.3 Å². The highest BCUT2D eigenvalue weighted by molar-refractivity contribution is 7.99. The number of hydrogen-bond acceptors (Lipinski definition) is 6. The number of nitrogens with zero attached hydrogens (tertiary/aromatic N) is 4. The van der Waals surface area contributed by atoms with Gasteiger partial charge < -0.3 is 9.64 Å². The number of amides is 1. The Kier molecular flexibility index (Phi) is 6.92. The minimum atomic E-state index is -0.266. The number of methoxy groups -OCH3 is 1. The summed E-state index contributed by atoms with van der Waals surface area (Å²) in [6, 6.07) is 8.80. The summed E-state index contributed by atoms with van der Waals surface area (Å²) in [7, 11) is 1.61. The van der Waals surface area contributed by atoms with E-state index >= 15 is 0 Å². The number of ether oxygens (including phenoxy) is 1. The number of aromatic amines is 1. The molecule has 0 spiro atoms. The van der Waals surface area contributed by atoms with Crippen molar-refractivity contribution in [2.45, 2.75) is 31.8 Å². The van der Waals surface area contributed by atoms with Crippen LogP contribution in [0.4, 0.5) is 0 Å². The van der Waals surface area contributed by atoms with Crippen LogP contribution in [0.3, 0.4) is 0 Å². The molecule has 0 radical (unpaired) electrons. The van der Waals surface area contributed by atoms with Gasteiger partial charge in [0.05, 0.1) is 12.9 Å². The van der Waals surface area contributed by atoms with Gasteiger partial charge >= 0.3 is 0 Å². The second-order valence-electron chi connectivity index (χ2n) is 6.54. The Labute approximate surface area is 173 Å². The molecule has 29 heavy (non-hydrogen) atoms. The second-order valence-corrected chi connectivity index (χ2v) is 7.48. The Bertz CT molecular complexity index is 1020. The third kappa shape index (κ3) is 4.97. The first kappa shape index (κ1) is 20.9. The lowest BCUT2D eigenvalue weighted by molar-refractivity contribution is -0.128. The van der Waals surface area contributed by atoms with E-state index in [4.69, 9.17) is 4.74 Å². The zero-order valence-electron chi connectivity index (χ0n) is 16.8. The van der Waals surface area contributed by atoms with Gasteiger partial charge in [0, 0.05) is 24.7 Å². The van der Waals surface area contributed by atoms with Crippen LogP contribution in [0.5, 0.6) is 5.75 Å². The van der Waals surface area contributed by atoms with Crippen molar-refractivity contribution in [1.82, 2.24) is 24.5 Å². The number of aromatic nitrogens is 4. The van der Waals surface area contributed by atoms with Gasteiger partial charge in [-0.2, -0.15) is 0 Å². The fourth-order valence-electron chi connectivity index (χ4n) is 2.97. The quantitative estimate of drug-likeness (QED) is 0.540. The van der Waals surface area contributed by atoms with Crippen LogP contribution in [0.1, 0.15) is 26.7 Å². The zero-order chi connectivity index (χ0) is 20.8. The highest BCUT2D eigenvalue weighted by Gasteiger charge is 2.16. The summed E-state index contributed by atoms with van der Waals surface area (Å²) in [6.07, 6.45) is 1.83. The van der Waals surface area contributed by atoms with Crippen LogP contribution >= 0.6 is 11.8 Å². The summed E-state index contributed by atoms with van der Waals surface area (Å²) >= 11 is 1.29. The van der Waals surface area contributed by atoms with E-state index in [9.17, 15) is 9.59 Å². The van der Waals surface area contributed by atoms with Crippen LogP contribution in [0.25, 0.3) is 17.0 Å². The molecule has 2 heterocycles. The highest BCUT2D eigenvalue weighted by atomic mass is 32.2. The Morgan fingerprint density at radius 1 is 1.17 bits per heavy atom. The minimum Gasteiger partial charge on any atom is -0.497 e. The fraction of sp³-hybridized carbons (Fsp3) is 0.400. The van der Waals surface area contributed by atoms with E-state index in [2.05, 4.69) is 28.9 Å². The van der Waals surface area contributed by atoms with Crippen LogP contribution in [-0.2, 0) is 4.79 Å². The molecule has 0 aliphatic heterocycles. The van der Waals surface area contributed by atoms with Crippen molar-refractivity contribution in [2.24, 2.45) is 0 Å². The molecule has 1 amide bonds. The average Bonchev–Trinajstić information content (AvgIpc) is 3.11. The maximum absolute atomic E-state index is 12.6. The van der Waals surface area contributed by atoms with E-state index < -0.39 is 0 Å². The number of benzene rings is 1. The third-order valence-electron chi connectivity index (χ3n) is 4.34. The number of carbonyl (C=O) groups excluding carboxylic acids is 1. The van der Waals surface area contributed by atoms with Crippen molar-refractivity contribution in [2.75, 3.05) is 26.0 Å². The molecule has 154 valence electrons. The van der Waals surface area contributed by atoms with E-state index in [1.165, 1.54) is 22.3 Å². The van der Waals surface area contributed by atoms with Gasteiger partial charge in [-0.15, -0.1) is 0 Å². The molecule has 0 aliphatic carbocycles. The number of nitrogens with one attached hydrogen (secondary N) is 1. The average molecular weight is 416 g/mol. The lowest BCUT2D eigenvalue weighted by Crippen LogP contribution is -2.33. The Hall–Kier alpha value is -2.81. The molecule has 3 aromatic rings. The normalized spacial score (nSPS) is 11.0. The number of carbonyl (C=O) groups is 1. The summed E-state index contributed by atoms with van der Waals surface area (Å²) in [5.41, 5.74) is 0.997. The summed E-state index contributed by atoms with van der Waals surface area (Å²) < 4.78 is 6.72. The predicted octanol–water partition coefficient (Wildman–Crippen LogP) is 2.83. The molecule has 0 saturated heterocycles. The SMILES string of the molecule is CCCN(CCC)C(=O)CSc1nc(-c2ccc(OC)cc2)nc2cc(=O)[nH]n12. The van der Waals surface area contributed by atoms with Gasteiger partial charge in [-0.3, -0.25) is 14.7 Å². The molecule has 0 aliphatic rings. The maximum Gasteiger partial charge on any atom is 0.266 e. The van der Waals surface area contributed by atoms with E-state index in [1.807, 2.05) is 29.2 Å². The van der Waals surface area contributed by atoms with Gasteiger partial charge in [-0.1, -0.05) is 25.6 Å². The third-order valence-corrected chi connectivity index (χ3v) is 5.26. The lowest BCUT2D eigenvalue weighted by atomic mass is 10.2. The van der Waals surface area contributed by atoms with Crippen molar-refractivity contribution in [3.05, 3.63) is 40.7 Å². The standard InChI is InChI=1S/C20H25N5O3S/c1-4-10-24(11-5-2)18(27)13-29-20-22-19(14-6-8-15(28-3)9-7-14)21-16-12-17(26)23-25(16)20/h6-9,12H,4-5,10-11,13H2,1-3H3,(H,23,26). The van der Waals surface area contributed by atoms with E-state index in [-0.39, 0.29) is 17.2 Å². The van der Waals surface area contributed by atoms with Crippen molar-refractivity contribution in [3.63, 3.8) is 0 Å². The first-order chi connectivity index (χ1) is 14.0. The monoisotopic (exact) mass is 415 g/mol. The Balaban J connectivity index is 1.89. The van der Waals surface area contributed by atoms with Crippen LogP contribution in [0.2, 0.25) is 0 Å². The Morgan fingerprint density at radius 2 is 1.86 bits per heavy atom. The second kappa shape index (κ2) is 9.60. The molecule has 0 fully saturated rings. The molecule has 0 bridgehead atoms. The number of fused-ring (bicyclic) bond motifs is 1. The molecular formula is C20H25N5O3S. The Morgan fingerprint density at radius 3 is 2.48 bits per heavy atom. The van der Waals surface area contributed by atoms with E-state index in [1.54, 1.807) is 7.11 Å². The topological polar surface area (TPSA) is 92.6 Å². The molecular weight excluding hydrogens is 390 g/mol. The molecule has 0 unspecified atom stereocenters. The minimum absolute atomic E-state index is 0.0611. The predicted molar refractivity (Wildman–Crippen MR) is 113 cm³/mol. The van der Waals surface area contributed by atoms with Gasteiger partial charge in [0.15, 0.2) is 16.6 Å². The van der Waals surface area contributed by atoms with Crippen LogP contribution in [-0.4, -0.2) is 56.3 Å². The van der Waals surface area contributed by atoms with Crippen molar-refractivity contribution in [3.8, 4) is 17.1 Å². The van der Waals surface area contributed by atoms with Gasteiger partial charge in [0.1, 0.15) is 5.75 Å². The summed E-state index contributed by atoms with van der Waals surface area (Å²) in [6.45, 7) is 5.60. The van der Waals surface area contributed by atoms with Crippen molar-refractivity contribution >= 4 is 23.3 Å². The molecule has 1 aromatic carbocycles. The number of H-pyrrole nitrogens is 1. The molecule has 9 heteroatoms. The smallest absolute Gasteiger partial charge is 0.266 e. The zero-order valence-corrected chi connectivity index (χ0v) is 17.7. The molecule has 0 saturated carbocycles. The van der Waals surface area contributed by atoms with Crippen molar-refractivity contribution in [1.29, 1.82) is 0 Å². The van der Waals surface area contributed by atoms with E-state index in [0.717, 1.165) is 37.2 Å². The molecule has 8 nitrogen and oxygen atoms in total. The van der Waals surface area contributed by atoms with Gasteiger partial charge in [0.2, 0.25) is 5.91 Å². The number of rotatable bonds is 9. The summed E-state index contributed by atoms with van der Waals surface area (Å²) in [4.78, 5) is 35.4. The number of thioether (sulfide) groups is 1. The summed E-state index contributed by atoms with van der Waals surface area (Å²) in [5.74, 6) is 1.53. The molecule has 3 rings (SSSR count). The lowest BCUT2D eigenvalue weighted by Gasteiger charge is -2.21. The molecule has 0 atom stereocenters. The van der Waals surface area contributed by atoms with Crippen LogP contribution in [0.15, 0.2) is 40.3 Å². The first-order valence-electron chi connectivity index (χ1n) is 9.60. The van der Waals surface area contributed by atoms with Crippen LogP contribution in [0, 0.1) is 0 Å². The van der Waals surface area contributed by atoms with E-state index in [0.29, 0.717) is 16.6 Å².